The highest BCUT2D eigenvalue weighted by Crippen LogP contribution is 2.35. The van der Waals surface area contributed by atoms with Gasteiger partial charge in [0, 0.05) is 0 Å². The lowest BCUT2D eigenvalue weighted by atomic mass is 9.94. The molecule has 0 aliphatic rings. The molecule has 0 aliphatic carbocycles. The van der Waals surface area contributed by atoms with Gasteiger partial charge in [-0.15, -0.1) is 0 Å². The number of hydrogen-bond donors (Lipinski definition) is 2. The van der Waals surface area contributed by atoms with Gasteiger partial charge in [0.1, 0.15) is 0 Å². The van der Waals surface area contributed by atoms with E-state index in [9.17, 15) is 0 Å². The third kappa shape index (κ3) is 2.15. The SMILES string of the molecule is Nc1cc2cc3ccc4cc5cc6ccccc6cc5cc4c3cc2cc1N. The first kappa shape index (κ1) is 15.3. The van der Waals surface area contributed by atoms with E-state index in [-0.39, 0.29) is 0 Å². The van der Waals surface area contributed by atoms with Gasteiger partial charge in [-0.3, -0.25) is 0 Å². The van der Waals surface area contributed by atoms with E-state index in [2.05, 4.69) is 72.8 Å². The Balaban J connectivity index is 1.74. The molecule has 4 N–H and O–H groups in total. The number of nitrogens with two attached hydrogens (primary N) is 2. The molecule has 0 aliphatic heterocycles. The second-order valence-corrected chi connectivity index (χ2v) is 7.59. The summed E-state index contributed by atoms with van der Waals surface area (Å²) in [6.45, 7) is 0. The van der Waals surface area contributed by atoms with Gasteiger partial charge in [-0.2, -0.15) is 0 Å². The number of rotatable bonds is 0. The first-order valence-corrected chi connectivity index (χ1v) is 9.43. The van der Waals surface area contributed by atoms with Gasteiger partial charge in [0.2, 0.25) is 0 Å². The lowest BCUT2D eigenvalue weighted by Gasteiger charge is -2.10. The van der Waals surface area contributed by atoms with Gasteiger partial charge in [-0.1, -0.05) is 36.4 Å². The summed E-state index contributed by atoms with van der Waals surface area (Å²) in [5.41, 5.74) is 13.3. The number of anilines is 2. The molecule has 0 unspecified atom stereocenters. The van der Waals surface area contributed by atoms with E-state index >= 15 is 0 Å². The molecule has 6 aromatic carbocycles. The zero-order valence-electron chi connectivity index (χ0n) is 15.2. The fourth-order valence-electron chi connectivity index (χ4n) is 4.33. The molecule has 6 aromatic rings. The van der Waals surface area contributed by atoms with Crippen molar-refractivity contribution in [3.8, 4) is 0 Å². The molecule has 2 nitrogen and oxygen atoms in total. The van der Waals surface area contributed by atoms with Crippen LogP contribution < -0.4 is 11.5 Å². The zero-order chi connectivity index (χ0) is 18.8. The molecule has 0 bridgehead atoms. The average Bonchev–Trinajstić information content (AvgIpc) is 2.70. The van der Waals surface area contributed by atoms with Crippen LogP contribution in [-0.4, -0.2) is 0 Å². The molecule has 0 fully saturated rings. The van der Waals surface area contributed by atoms with E-state index in [1.807, 2.05) is 12.1 Å². The largest absolute Gasteiger partial charge is 0.397 e. The molecule has 0 amide bonds. The summed E-state index contributed by atoms with van der Waals surface area (Å²) in [4.78, 5) is 0. The van der Waals surface area contributed by atoms with E-state index in [0.29, 0.717) is 11.4 Å². The maximum Gasteiger partial charge on any atom is 0.0554 e. The van der Waals surface area contributed by atoms with Gasteiger partial charge in [0.15, 0.2) is 0 Å². The predicted octanol–water partition coefficient (Wildman–Crippen LogP) is 6.62. The van der Waals surface area contributed by atoms with E-state index in [0.717, 1.165) is 10.8 Å². The molecule has 28 heavy (non-hydrogen) atoms. The second kappa shape index (κ2) is 5.37. The lowest BCUT2D eigenvalue weighted by molar-refractivity contribution is 1.72. The summed E-state index contributed by atoms with van der Waals surface area (Å²) in [7, 11) is 0. The Labute approximate surface area is 162 Å². The van der Waals surface area contributed by atoms with Crippen molar-refractivity contribution < 1.29 is 0 Å². The summed E-state index contributed by atoms with van der Waals surface area (Å²) < 4.78 is 0. The Morgan fingerprint density at radius 1 is 0.357 bits per heavy atom. The maximum absolute atomic E-state index is 6.04. The molecule has 0 heterocycles. The molecular weight excluding hydrogens is 340 g/mol. The van der Waals surface area contributed by atoms with Gasteiger partial charge in [-0.05, 0) is 102 Å². The highest BCUT2D eigenvalue weighted by atomic mass is 14.7. The van der Waals surface area contributed by atoms with Crippen molar-refractivity contribution in [2.45, 2.75) is 0 Å². The van der Waals surface area contributed by atoms with Crippen molar-refractivity contribution in [3.63, 3.8) is 0 Å². The van der Waals surface area contributed by atoms with E-state index in [1.165, 1.54) is 43.1 Å². The maximum atomic E-state index is 6.04. The topological polar surface area (TPSA) is 52.0 Å². The summed E-state index contributed by atoms with van der Waals surface area (Å²) in [5, 5.41) is 12.3. The van der Waals surface area contributed by atoms with Crippen LogP contribution in [0.1, 0.15) is 0 Å². The normalized spacial score (nSPS) is 11.9. The third-order valence-corrected chi connectivity index (χ3v) is 5.82. The Bertz CT molecular complexity index is 1580. The van der Waals surface area contributed by atoms with E-state index < -0.39 is 0 Å². The van der Waals surface area contributed by atoms with Crippen molar-refractivity contribution in [3.05, 3.63) is 84.9 Å². The molecular formula is C26H18N2. The number of fused-ring (bicyclic) bond motifs is 6. The smallest absolute Gasteiger partial charge is 0.0554 e. The van der Waals surface area contributed by atoms with Crippen molar-refractivity contribution >= 4 is 65.2 Å². The van der Waals surface area contributed by atoms with Crippen molar-refractivity contribution in [1.29, 1.82) is 0 Å². The van der Waals surface area contributed by atoms with Crippen LogP contribution in [0.4, 0.5) is 11.4 Å². The molecule has 132 valence electrons. The minimum atomic E-state index is 0.629. The molecule has 0 aromatic heterocycles. The van der Waals surface area contributed by atoms with Crippen molar-refractivity contribution in [1.82, 2.24) is 0 Å². The van der Waals surface area contributed by atoms with Crippen LogP contribution in [0.5, 0.6) is 0 Å². The van der Waals surface area contributed by atoms with Crippen LogP contribution in [0.2, 0.25) is 0 Å². The number of hydrogen-bond acceptors (Lipinski definition) is 2. The molecule has 6 rings (SSSR count). The molecule has 2 heteroatoms. The summed E-state index contributed by atoms with van der Waals surface area (Å²) in [6, 6.07) is 30.4. The summed E-state index contributed by atoms with van der Waals surface area (Å²) in [6.07, 6.45) is 0. The summed E-state index contributed by atoms with van der Waals surface area (Å²) >= 11 is 0. The van der Waals surface area contributed by atoms with Crippen LogP contribution in [0, 0.1) is 0 Å². The standard InChI is InChI=1S/C26H18N2/c27-25-13-21-10-18-6-5-17-9-19-7-15-3-1-2-4-16(15)8-20(19)11-23(17)24(18)12-22(21)14-26(25)28/h1-14H,27-28H2. The quantitative estimate of drug-likeness (QED) is 0.182. The highest BCUT2D eigenvalue weighted by molar-refractivity contribution is 6.16. The molecule has 0 spiro atoms. The van der Waals surface area contributed by atoms with Gasteiger partial charge < -0.3 is 11.5 Å². The predicted molar refractivity (Wildman–Crippen MR) is 123 cm³/mol. The first-order chi connectivity index (χ1) is 13.7. The van der Waals surface area contributed by atoms with Crippen molar-refractivity contribution in [2.24, 2.45) is 0 Å². The van der Waals surface area contributed by atoms with Gasteiger partial charge in [-0.25, -0.2) is 0 Å². The van der Waals surface area contributed by atoms with Crippen LogP contribution >= 0.6 is 0 Å². The second-order valence-electron chi connectivity index (χ2n) is 7.59. The third-order valence-electron chi connectivity index (χ3n) is 5.82. The summed E-state index contributed by atoms with van der Waals surface area (Å²) in [5.74, 6) is 0. The zero-order valence-corrected chi connectivity index (χ0v) is 15.2. The van der Waals surface area contributed by atoms with Crippen LogP contribution in [0.25, 0.3) is 53.9 Å². The fraction of sp³-hybridized carbons (Fsp3) is 0. The minimum absolute atomic E-state index is 0.629. The minimum Gasteiger partial charge on any atom is -0.397 e. The van der Waals surface area contributed by atoms with E-state index in [4.69, 9.17) is 11.5 Å². The Kier molecular flexibility index (Phi) is 2.93. The fourth-order valence-corrected chi connectivity index (χ4v) is 4.33. The van der Waals surface area contributed by atoms with Crippen LogP contribution in [0.15, 0.2) is 84.9 Å². The highest BCUT2D eigenvalue weighted by Gasteiger charge is 2.07. The number of nitrogen functional groups attached to an aromatic ring is 2. The van der Waals surface area contributed by atoms with Crippen LogP contribution in [-0.2, 0) is 0 Å². The van der Waals surface area contributed by atoms with Gasteiger partial charge >= 0.3 is 0 Å². The molecule has 0 atom stereocenters. The lowest BCUT2D eigenvalue weighted by Crippen LogP contribution is -1.94. The monoisotopic (exact) mass is 358 g/mol. The molecule has 0 saturated carbocycles. The Morgan fingerprint density at radius 3 is 1.29 bits per heavy atom. The Hall–Kier alpha value is -3.78. The number of benzene rings is 6. The molecule has 0 radical (unpaired) electrons. The Morgan fingerprint density at radius 2 is 0.750 bits per heavy atom. The van der Waals surface area contributed by atoms with Gasteiger partial charge in [0.05, 0.1) is 11.4 Å². The first-order valence-electron chi connectivity index (χ1n) is 9.43. The van der Waals surface area contributed by atoms with Crippen LogP contribution in [0.3, 0.4) is 0 Å². The van der Waals surface area contributed by atoms with E-state index in [1.54, 1.807) is 0 Å². The van der Waals surface area contributed by atoms with Crippen molar-refractivity contribution in [2.75, 3.05) is 11.5 Å². The van der Waals surface area contributed by atoms with Gasteiger partial charge in [0.25, 0.3) is 0 Å². The average molecular weight is 358 g/mol. The molecule has 0 saturated heterocycles.